The first-order chi connectivity index (χ1) is 7.88. The van der Waals surface area contributed by atoms with Gasteiger partial charge in [0.05, 0.1) is 19.6 Å². The van der Waals surface area contributed by atoms with Crippen LogP contribution in [0.5, 0.6) is 0 Å². The van der Waals surface area contributed by atoms with E-state index in [4.69, 9.17) is 9.26 Å². The van der Waals surface area contributed by atoms with Gasteiger partial charge in [-0.05, 0) is 19.3 Å². The molecule has 0 amide bonds. The second-order valence-electron chi connectivity index (χ2n) is 4.12. The van der Waals surface area contributed by atoms with Gasteiger partial charge in [0.1, 0.15) is 0 Å². The Bertz CT molecular complexity index is 310. The number of ether oxygens (including phenoxy) is 1. The topological polar surface area (TPSA) is 60.2 Å². The van der Waals surface area contributed by atoms with Crippen molar-refractivity contribution in [1.82, 2.24) is 15.5 Å². The Morgan fingerprint density at radius 1 is 1.44 bits per heavy atom. The number of hydrogen-bond donors (Lipinski definition) is 1. The van der Waals surface area contributed by atoms with E-state index in [0.29, 0.717) is 31.5 Å². The second kappa shape index (κ2) is 5.96. The average molecular weight is 225 g/mol. The van der Waals surface area contributed by atoms with Crippen molar-refractivity contribution in [1.29, 1.82) is 0 Å². The third-order valence-corrected chi connectivity index (χ3v) is 2.45. The van der Waals surface area contributed by atoms with Crippen LogP contribution in [-0.2, 0) is 17.7 Å². The third kappa shape index (κ3) is 3.90. The van der Waals surface area contributed by atoms with Gasteiger partial charge in [-0.3, -0.25) is 0 Å². The van der Waals surface area contributed by atoms with Gasteiger partial charge in [-0.15, -0.1) is 0 Å². The van der Waals surface area contributed by atoms with E-state index in [9.17, 15) is 0 Å². The molecule has 1 aromatic heterocycles. The zero-order valence-electron chi connectivity index (χ0n) is 9.74. The molecule has 5 nitrogen and oxygen atoms in total. The standard InChI is InChI=1S/C11H19N3O2/c1-2-6-15-7-5-11-13-10(14-16-11)8-12-9-3-4-9/h9,12H,2-8H2,1H3. The van der Waals surface area contributed by atoms with Gasteiger partial charge in [-0.2, -0.15) is 4.98 Å². The predicted molar refractivity (Wildman–Crippen MR) is 59.0 cm³/mol. The number of nitrogens with zero attached hydrogens (tertiary/aromatic N) is 2. The Morgan fingerprint density at radius 3 is 3.06 bits per heavy atom. The molecule has 0 radical (unpaired) electrons. The lowest BCUT2D eigenvalue weighted by Crippen LogP contribution is -2.16. The van der Waals surface area contributed by atoms with E-state index in [0.717, 1.165) is 18.9 Å². The highest BCUT2D eigenvalue weighted by Gasteiger charge is 2.20. The molecule has 0 unspecified atom stereocenters. The molecule has 16 heavy (non-hydrogen) atoms. The fraction of sp³-hybridized carbons (Fsp3) is 0.818. The monoisotopic (exact) mass is 225 g/mol. The van der Waals surface area contributed by atoms with E-state index in [1.54, 1.807) is 0 Å². The van der Waals surface area contributed by atoms with Gasteiger partial charge >= 0.3 is 0 Å². The Kier molecular flexibility index (Phi) is 4.30. The van der Waals surface area contributed by atoms with Crippen LogP contribution < -0.4 is 5.32 Å². The van der Waals surface area contributed by atoms with Crippen molar-refractivity contribution in [2.24, 2.45) is 0 Å². The molecule has 0 bridgehead atoms. The lowest BCUT2D eigenvalue weighted by Gasteiger charge is -1.97. The fourth-order valence-electron chi connectivity index (χ4n) is 1.39. The van der Waals surface area contributed by atoms with Crippen LogP contribution in [0.4, 0.5) is 0 Å². The third-order valence-electron chi connectivity index (χ3n) is 2.45. The summed E-state index contributed by atoms with van der Waals surface area (Å²) in [5, 5.41) is 7.26. The normalized spacial score (nSPS) is 15.6. The van der Waals surface area contributed by atoms with E-state index < -0.39 is 0 Å². The first-order valence-electron chi connectivity index (χ1n) is 6.01. The highest BCUT2D eigenvalue weighted by molar-refractivity contribution is 4.89. The highest BCUT2D eigenvalue weighted by atomic mass is 16.5. The predicted octanol–water partition coefficient (Wildman–Crippen LogP) is 1.29. The van der Waals surface area contributed by atoms with Crippen molar-refractivity contribution >= 4 is 0 Å². The van der Waals surface area contributed by atoms with E-state index in [-0.39, 0.29) is 0 Å². The zero-order valence-corrected chi connectivity index (χ0v) is 9.74. The molecule has 0 spiro atoms. The molecule has 1 saturated carbocycles. The average Bonchev–Trinajstić information content (AvgIpc) is 3.02. The SMILES string of the molecule is CCCOCCc1nc(CNC2CC2)no1. The number of rotatable bonds is 8. The largest absolute Gasteiger partial charge is 0.381 e. The quantitative estimate of drug-likeness (QED) is 0.675. The lowest BCUT2D eigenvalue weighted by atomic mass is 10.4. The molecule has 0 aliphatic heterocycles. The maximum absolute atomic E-state index is 5.36. The zero-order chi connectivity index (χ0) is 11.2. The van der Waals surface area contributed by atoms with Gasteiger partial charge in [0.2, 0.25) is 5.89 Å². The molecule has 1 N–H and O–H groups in total. The van der Waals surface area contributed by atoms with E-state index in [2.05, 4.69) is 22.4 Å². The molecule has 1 aromatic rings. The van der Waals surface area contributed by atoms with Crippen LogP contribution in [0.3, 0.4) is 0 Å². The molecule has 1 aliphatic rings. The summed E-state index contributed by atoms with van der Waals surface area (Å²) < 4.78 is 10.5. The van der Waals surface area contributed by atoms with Crippen LogP contribution in [0, 0.1) is 0 Å². The first kappa shape index (κ1) is 11.5. The van der Waals surface area contributed by atoms with Gasteiger partial charge in [0, 0.05) is 12.6 Å². The number of aromatic nitrogens is 2. The van der Waals surface area contributed by atoms with Gasteiger partial charge in [-0.25, -0.2) is 0 Å². The maximum Gasteiger partial charge on any atom is 0.229 e. The summed E-state index contributed by atoms with van der Waals surface area (Å²) in [6.45, 7) is 4.26. The summed E-state index contributed by atoms with van der Waals surface area (Å²) in [5.74, 6) is 1.42. The Hall–Kier alpha value is -0.940. The molecule has 0 saturated heterocycles. The first-order valence-corrected chi connectivity index (χ1v) is 6.01. The van der Waals surface area contributed by atoms with Crippen LogP contribution in [0.1, 0.15) is 37.9 Å². The summed E-state index contributed by atoms with van der Waals surface area (Å²) in [6.07, 6.45) is 4.29. The second-order valence-corrected chi connectivity index (χ2v) is 4.12. The van der Waals surface area contributed by atoms with E-state index in [1.165, 1.54) is 12.8 Å². The summed E-state index contributed by atoms with van der Waals surface area (Å²) >= 11 is 0. The number of hydrogen-bond acceptors (Lipinski definition) is 5. The van der Waals surface area contributed by atoms with Gasteiger partial charge in [0.25, 0.3) is 0 Å². The summed E-state index contributed by atoms with van der Waals surface area (Å²) in [5.41, 5.74) is 0. The smallest absolute Gasteiger partial charge is 0.229 e. The lowest BCUT2D eigenvalue weighted by molar-refractivity contribution is 0.132. The minimum Gasteiger partial charge on any atom is -0.381 e. The minimum absolute atomic E-state index is 0.658. The summed E-state index contributed by atoms with van der Waals surface area (Å²) in [4.78, 5) is 4.29. The summed E-state index contributed by atoms with van der Waals surface area (Å²) in [6, 6.07) is 0.676. The van der Waals surface area contributed by atoms with Crippen molar-refractivity contribution in [3.63, 3.8) is 0 Å². The molecule has 0 atom stereocenters. The number of nitrogens with one attached hydrogen (secondary N) is 1. The van der Waals surface area contributed by atoms with Crippen molar-refractivity contribution in [2.75, 3.05) is 13.2 Å². The highest BCUT2D eigenvalue weighted by Crippen LogP contribution is 2.18. The minimum atomic E-state index is 0.658. The summed E-state index contributed by atoms with van der Waals surface area (Å²) in [7, 11) is 0. The van der Waals surface area contributed by atoms with Crippen molar-refractivity contribution in [3.8, 4) is 0 Å². The fourth-order valence-corrected chi connectivity index (χ4v) is 1.39. The van der Waals surface area contributed by atoms with Crippen LogP contribution in [-0.4, -0.2) is 29.4 Å². The van der Waals surface area contributed by atoms with Crippen LogP contribution in [0.15, 0.2) is 4.52 Å². The Morgan fingerprint density at radius 2 is 2.31 bits per heavy atom. The molecule has 5 heteroatoms. The molecule has 0 aromatic carbocycles. The van der Waals surface area contributed by atoms with Crippen LogP contribution in [0.2, 0.25) is 0 Å². The van der Waals surface area contributed by atoms with Crippen molar-refractivity contribution in [3.05, 3.63) is 11.7 Å². The molecule has 90 valence electrons. The molecule has 2 rings (SSSR count). The molecular weight excluding hydrogens is 206 g/mol. The molecular formula is C11H19N3O2. The van der Waals surface area contributed by atoms with E-state index >= 15 is 0 Å². The molecule has 1 aliphatic carbocycles. The van der Waals surface area contributed by atoms with E-state index in [1.807, 2.05) is 0 Å². The maximum atomic E-state index is 5.36. The molecule has 1 heterocycles. The Balaban J connectivity index is 1.64. The Labute approximate surface area is 95.6 Å². The van der Waals surface area contributed by atoms with Crippen molar-refractivity contribution < 1.29 is 9.26 Å². The molecule has 1 fully saturated rings. The van der Waals surface area contributed by atoms with Gasteiger partial charge in [-0.1, -0.05) is 12.1 Å². The van der Waals surface area contributed by atoms with Crippen LogP contribution in [0.25, 0.3) is 0 Å². The van der Waals surface area contributed by atoms with Gasteiger partial charge in [0.15, 0.2) is 5.82 Å². The van der Waals surface area contributed by atoms with Crippen LogP contribution >= 0.6 is 0 Å². The van der Waals surface area contributed by atoms with Crippen molar-refractivity contribution in [2.45, 2.75) is 45.2 Å². The van der Waals surface area contributed by atoms with Gasteiger partial charge < -0.3 is 14.6 Å².